The molecule has 96 valence electrons. The predicted molar refractivity (Wildman–Crippen MR) is 69.3 cm³/mol. The Morgan fingerprint density at radius 1 is 1.53 bits per heavy atom. The number of nitrogens with zero attached hydrogens (tertiary/aromatic N) is 2. The van der Waals surface area contributed by atoms with Gasteiger partial charge in [0.15, 0.2) is 0 Å². The van der Waals surface area contributed by atoms with E-state index in [9.17, 15) is 4.79 Å². The van der Waals surface area contributed by atoms with Crippen LogP contribution in [0.1, 0.15) is 37.0 Å². The average molecular weight is 258 g/mol. The molecule has 1 aromatic rings. The van der Waals surface area contributed by atoms with Crippen LogP contribution in [0, 0.1) is 5.41 Å². The number of hydrogen-bond acceptors (Lipinski definition) is 2. The molecule has 5 heteroatoms. The van der Waals surface area contributed by atoms with Gasteiger partial charge in [-0.1, -0.05) is 13.8 Å². The number of carbonyl (C=O) groups excluding carboxylic acids is 1. The number of aromatic nitrogens is 2. The molecule has 1 aromatic heterocycles. The number of hydrogen-bond donors (Lipinski definition) is 1. The van der Waals surface area contributed by atoms with Gasteiger partial charge in [0.25, 0.3) is 5.91 Å². The zero-order valence-corrected chi connectivity index (χ0v) is 11.4. The van der Waals surface area contributed by atoms with Crippen LogP contribution >= 0.6 is 11.6 Å². The summed E-state index contributed by atoms with van der Waals surface area (Å²) in [5.41, 5.74) is 0.586. The van der Waals surface area contributed by atoms with Crippen molar-refractivity contribution < 1.29 is 4.79 Å². The highest BCUT2D eigenvalue weighted by Crippen LogP contribution is 2.26. The summed E-state index contributed by atoms with van der Waals surface area (Å²) in [6.45, 7) is 4.81. The van der Waals surface area contributed by atoms with E-state index in [2.05, 4.69) is 24.3 Å². The van der Waals surface area contributed by atoms with Gasteiger partial charge in [-0.2, -0.15) is 5.10 Å². The highest BCUT2D eigenvalue weighted by atomic mass is 35.5. The zero-order chi connectivity index (χ0) is 12.9. The molecule has 0 fully saturated rings. The lowest BCUT2D eigenvalue weighted by Gasteiger charge is -2.29. The molecule has 0 aliphatic heterocycles. The summed E-state index contributed by atoms with van der Waals surface area (Å²) in [5.74, 6) is 0.474. The second-order valence-electron chi connectivity index (χ2n) is 4.43. The Morgan fingerprint density at radius 3 is 2.59 bits per heavy atom. The van der Waals surface area contributed by atoms with E-state index in [0.717, 1.165) is 12.8 Å². The summed E-state index contributed by atoms with van der Waals surface area (Å²) < 4.78 is 1.61. The van der Waals surface area contributed by atoms with Gasteiger partial charge in [-0.25, -0.2) is 0 Å². The van der Waals surface area contributed by atoms with Gasteiger partial charge in [0, 0.05) is 31.1 Å². The summed E-state index contributed by atoms with van der Waals surface area (Å²) in [6, 6.07) is 0. The Morgan fingerprint density at radius 2 is 2.18 bits per heavy atom. The Bertz CT molecular complexity index is 363. The number of amides is 1. The van der Waals surface area contributed by atoms with Crippen molar-refractivity contribution in [1.29, 1.82) is 0 Å². The molecule has 1 amide bonds. The summed E-state index contributed by atoms with van der Waals surface area (Å²) in [5, 5.41) is 6.90. The maximum atomic E-state index is 11.8. The molecule has 0 saturated heterocycles. The fourth-order valence-corrected chi connectivity index (χ4v) is 2.12. The molecular weight excluding hydrogens is 238 g/mol. The first kappa shape index (κ1) is 14.0. The van der Waals surface area contributed by atoms with Crippen LogP contribution < -0.4 is 5.32 Å². The first-order valence-electron chi connectivity index (χ1n) is 5.89. The molecule has 1 rings (SSSR count). The van der Waals surface area contributed by atoms with Crippen LogP contribution in [0.25, 0.3) is 0 Å². The van der Waals surface area contributed by atoms with Crippen LogP contribution in [-0.4, -0.2) is 28.1 Å². The van der Waals surface area contributed by atoms with E-state index in [-0.39, 0.29) is 11.3 Å². The fourth-order valence-electron chi connectivity index (χ4n) is 1.64. The van der Waals surface area contributed by atoms with Gasteiger partial charge in [0.05, 0.1) is 11.8 Å². The molecule has 0 aromatic carbocycles. The summed E-state index contributed by atoms with van der Waals surface area (Å²) in [7, 11) is 1.79. The van der Waals surface area contributed by atoms with Gasteiger partial charge in [0.1, 0.15) is 0 Å². The fraction of sp³-hybridized carbons (Fsp3) is 0.667. The molecule has 0 radical (unpaired) electrons. The van der Waals surface area contributed by atoms with Gasteiger partial charge >= 0.3 is 0 Å². The number of alkyl halides is 1. The van der Waals surface area contributed by atoms with E-state index < -0.39 is 0 Å². The van der Waals surface area contributed by atoms with Crippen molar-refractivity contribution in [3.05, 3.63) is 18.0 Å². The molecule has 0 aliphatic carbocycles. The topological polar surface area (TPSA) is 46.9 Å². The predicted octanol–water partition coefficient (Wildman–Crippen LogP) is 2.20. The molecule has 0 aliphatic rings. The van der Waals surface area contributed by atoms with Crippen molar-refractivity contribution in [3.8, 4) is 0 Å². The van der Waals surface area contributed by atoms with Crippen molar-refractivity contribution in [2.45, 2.75) is 26.7 Å². The lowest BCUT2D eigenvalue weighted by Crippen LogP contribution is -2.38. The number of nitrogens with one attached hydrogen (secondary N) is 1. The average Bonchev–Trinajstić information content (AvgIpc) is 2.78. The summed E-state index contributed by atoms with van der Waals surface area (Å²) in [4.78, 5) is 11.8. The number of carbonyl (C=O) groups is 1. The minimum absolute atomic E-state index is 0.000571. The van der Waals surface area contributed by atoms with Gasteiger partial charge in [-0.3, -0.25) is 9.48 Å². The van der Waals surface area contributed by atoms with E-state index in [1.54, 1.807) is 24.1 Å². The van der Waals surface area contributed by atoms with Gasteiger partial charge in [-0.05, 0) is 12.8 Å². The summed E-state index contributed by atoms with van der Waals surface area (Å²) >= 11 is 5.99. The maximum absolute atomic E-state index is 11.8. The molecule has 1 heterocycles. The van der Waals surface area contributed by atoms with Crippen LogP contribution in [0.3, 0.4) is 0 Å². The molecule has 17 heavy (non-hydrogen) atoms. The minimum Gasteiger partial charge on any atom is -0.351 e. The third-order valence-electron chi connectivity index (χ3n) is 3.37. The van der Waals surface area contributed by atoms with Gasteiger partial charge in [-0.15, -0.1) is 11.6 Å². The molecule has 0 saturated carbocycles. The normalized spacial score (nSPS) is 11.5. The third-order valence-corrected chi connectivity index (χ3v) is 3.94. The zero-order valence-electron chi connectivity index (χ0n) is 10.7. The number of aryl methyl sites for hydroxylation is 1. The Labute approximate surface area is 107 Å². The minimum atomic E-state index is -0.0884. The molecule has 0 bridgehead atoms. The second kappa shape index (κ2) is 6.05. The highest BCUT2D eigenvalue weighted by molar-refractivity contribution is 6.18. The lowest BCUT2D eigenvalue weighted by molar-refractivity contribution is 0.0931. The van der Waals surface area contributed by atoms with E-state index in [0.29, 0.717) is 18.0 Å². The summed E-state index contributed by atoms with van der Waals surface area (Å²) in [6.07, 6.45) is 5.19. The van der Waals surface area contributed by atoms with E-state index >= 15 is 0 Å². The quantitative estimate of drug-likeness (QED) is 0.795. The van der Waals surface area contributed by atoms with Crippen molar-refractivity contribution in [3.63, 3.8) is 0 Å². The standard InChI is InChI=1S/C12H20ClN3O/c1-4-12(5-2,8-13)9-14-11(17)10-6-15-16(3)7-10/h6-7H,4-5,8-9H2,1-3H3,(H,14,17). The Balaban J connectivity index is 2.58. The lowest BCUT2D eigenvalue weighted by atomic mass is 9.84. The molecule has 0 spiro atoms. The van der Waals surface area contributed by atoms with Crippen LogP contribution in [-0.2, 0) is 7.05 Å². The highest BCUT2D eigenvalue weighted by Gasteiger charge is 2.25. The van der Waals surface area contributed by atoms with Crippen LogP contribution in [0.5, 0.6) is 0 Å². The largest absolute Gasteiger partial charge is 0.351 e. The van der Waals surface area contributed by atoms with E-state index in [4.69, 9.17) is 11.6 Å². The smallest absolute Gasteiger partial charge is 0.254 e. The second-order valence-corrected chi connectivity index (χ2v) is 4.69. The van der Waals surface area contributed by atoms with Gasteiger partial charge in [0.2, 0.25) is 0 Å². The van der Waals surface area contributed by atoms with Crippen molar-refractivity contribution in [1.82, 2.24) is 15.1 Å². The molecular formula is C12H20ClN3O. The molecule has 0 unspecified atom stereocenters. The van der Waals surface area contributed by atoms with Crippen LogP contribution in [0.4, 0.5) is 0 Å². The van der Waals surface area contributed by atoms with Crippen molar-refractivity contribution >= 4 is 17.5 Å². The van der Waals surface area contributed by atoms with Crippen molar-refractivity contribution in [2.24, 2.45) is 12.5 Å². The van der Waals surface area contributed by atoms with Crippen molar-refractivity contribution in [2.75, 3.05) is 12.4 Å². The maximum Gasteiger partial charge on any atom is 0.254 e. The van der Waals surface area contributed by atoms with Gasteiger partial charge < -0.3 is 5.32 Å². The third kappa shape index (κ3) is 3.46. The van der Waals surface area contributed by atoms with E-state index in [1.165, 1.54) is 0 Å². The number of halogens is 1. The Kier molecular flexibility index (Phi) is 5.00. The Hall–Kier alpha value is -1.03. The first-order valence-corrected chi connectivity index (χ1v) is 6.43. The van der Waals surface area contributed by atoms with Crippen LogP contribution in [0.15, 0.2) is 12.4 Å². The molecule has 1 N–H and O–H groups in total. The van der Waals surface area contributed by atoms with Crippen LogP contribution in [0.2, 0.25) is 0 Å². The molecule has 0 atom stereocenters. The van der Waals surface area contributed by atoms with E-state index in [1.807, 2.05) is 0 Å². The monoisotopic (exact) mass is 257 g/mol. The SMILES string of the molecule is CCC(CC)(CCl)CNC(=O)c1cnn(C)c1. The molecule has 4 nitrogen and oxygen atoms in total. The first-order chi connectivity index (χ1) is 8.06. The number of rotatable bonds is 6.